The van der Waals surface area contributed by atoms with Crippen LogP contribution in [-0.2, 0) is 4.79 Å². The molecule has 0 aromatic heterocycles. The van der Waals surface area contributed by atoms with Gasteiger partial charge in [0.25, 0.3) is 0 Å². The molecule has 0 spiro atoms. The van der Waals surface area contributed by atoms with Crippen LogP contribution in [0.3, 0.4) is 0 Å². The highest BCUT2D eigenvalue weighted by atomic mass is 19.1. The van der Waals surface area contributed by atoms with E-state index in [2.05, 4.69) is 5.16 Å². The summed E-state index contributed by atoms with van der Waals surface area (Å²) in [5.41, 5.74) is 5.94. The fraction of sp³-hybridized carbons (Fsp3) is 0.429. The molecule has 0 aliphatic heterocycles. The number of hydrogen-bond acceptors (Lipinski definition) is 3. The molecule has 1 rings (SSSR count). The molecule has 3 N–H and O–H groups in total. The van der Waals surface area contributed by atoms with Gasteiger partial charge in [-0.15, -0.1) is 0 Å². The molecule has 0 aliphatic carbocycles. The van der Waals surface area contributed by atoms with E-state index in [1.807, 2.05) is 0 Å². The first-order valence-corrected chi connectivity index (χ1v) is 6.42. The Kier molecular flexibility index (Phi) is 5.49. The minimum absolute atomic E-state index is 0.134. The second-order valence-corrected chi connectivity index (χ2v) is 4.63. The van der Waals surface area contributed by atoms with Crippen molar-refractivity contribution in [1.82, 2.24) is 4.90 Å². The number of amidine groups is 1. The van der Waals surface area contributed by atoms with Crippen molar-refractivity contribution in [2.45, 2.75) is 26.3 Å². The maximum Gasteiger partial charge on any atom is 0.233 e. The van der Waals surface area contributed by atoms with E-state index in [9.17, 15) is 9.18 Å². The standard InChI is InChI=1S/C14H20FN3O2/c1-4-10(13(16)17-20)14(19)18(3)9(2)11-7-5-6-8-12(11)15/h5-10,20H,4H2,1-3H3,(H2,16,17). The number of benzene rings is 1. The largest absolute Gasteiger partial charge is 0.409 e. The third-order valence-corrected chi connectivity index (χ3v) is 3.46. The van der Waals surface area contributed by atoms with E-state index in [0.717, 1.165) is 0 Å². The average Bonchev–Trinajstić information content (AvgIpc) is 2.46. The number of hydrogen-bond donors (Lipinski definition) is 2. The van der Waals surface area contributed by atoms with Crippen LogP contribution >= 0.6 is 0 Å². The van der Waals surface area contributed by atoms with Gasteiger partial charge in [-0.3, -0.25) is 4.79 Å². The highest BCUT2D eigenvalue weighted by molar-refractivity contribution is 6.02. The summed E-state index contributed by atoms with van der Waals surface area (Å²) in [6.07, 6.45) is 0.406. The van der Waals surface area contributed by atoms with E-state index in [0.29, 0.717) is 12.0 Å². The Hall–Kier alpha value is -2.11. The maximum atomic E-state index is 13.7. The molecule has 0 saturated heterocycles. The summed E-state index contributed by atoms with van der Waals surface area (Å²) >= 11 is 0. The van der Waals surface area contributed by atoms with Gasteiger partial charge in [0.05, 0.1) is 12.0 Å². The molecule has 5 nitrogen and oxygen atoms in total. The molecule has 0 aliphatic rings. The summed E-state index contributed by atoms with van der Waals surface area (Å²) in [7, 11) is 1.58. The first-order valence-electron chi connectivity index (χ1n) is 6.42. The molecule has 0 bridgehead atoms. The zero-order chi connectivity index (χ0) is 15.3. The number of carbonyl (C=O) groups excluding carboxylic acids is 1. The molecule has 1 amide bonds. The van der Waals surface area contributed by atoms with Crippen LogP contribution in [0, 0.1) is 11.7 Å². The van der Waals surface area contributed by atoms with Crippen molar-refractivity contribution in [3.63, 3.8) is 0 Å². The lowest BCUT2D eigenvalue weighted by Crippen LogP contribution is -2.41. The Morgan fingerprint density at radius 1 is 1.50 bits per heavy atom. The molecule has 110 valence electrons. The van der Waals surface area contributed by atoms with E-state index >= 15 is 0 Å². The Labute approximate surface area is 117 Å². The quantitative estimate of drug-likeness (QED) is 0.375. The van der Waals surface area contributed by atoms with Gasteiger partial charge >= 0.3 is 0 Å². The minimum Gasteiger partial charge on any atom is -0.409 e. The van der Waals surface area contributed by atoms with Gasteiger partial charge in [0.1, 0.15) is 5.82 Å². The van der Waals surface area contributed by atoms with Crippen LogP contribution in [0.4, 0.5) is 4.39 Å². The number of amides is 1. The van der Waals surface area contributed by atoms with Crippen LogP contribution in [-0.4, -0.2) is 28.9 Å². The Morgan fingerprint density at radius 2 is 2.10 bits per heavy atom. The van der Waals surface area contributed by atoms with Gasteiger partial charge in [-0.05, 0) is 19.4 Å². The number of halogens is 1. The summed E-state index contributed by atoms with van der Waals surface area (Å²) in [5, 5.41) is 11.6. The van der Waals surface area contributed by atoms with Gasteiger partial charge in [0, 0.05) is 12.6 Å². The minimum atomic E-state index is -0.709. The Morgan fingerprint density at radius 3 is 2.60 bits per heavy atom. The summed E-state index contributed by atoms with van der Waals surface area (Å²) in [6, 6.07) is 5.86. The van der Waals surface area contributed by atoms with Crippen molar-refractivity contribution in [1.29, 1.82) is 0 Å². The van der Waals surface area contributed by atoms with Crippen LogP contribution in [0.15, 0.2) is 29.4 Å². The number of nitrogens with zero attached hydrogens (tertiary/aromatic N) is 2. The smallest absolute Gasteiger partial charge is 0.233 e. The van der Waals surface area contributed by atoms with E-state index in [-0.39, 0.29) is 17.6 Å². The van der Waals surface area contributed by atoms with Crippen molar-refractivity contribution < 1.29 is 14.4 Å². The predicted octanol–water partition coefficient (Wildman–Crippen LogP) is 2.12. The lowest BCUT2D eigenvalue weighted by Gasteiger charge is -2.28. The van der Waals surface area contributed by atoms with Gasteiger partial charge in [0.2, 0.25) is 5.91 Å². The molecule has 0 radical (unpaired) electrons. The molecule has 0 heterocycles. The Balaban J connectivity index is 2.97. The fourth-order valence-corrected chi connectivity index (χ4v) is 2.04. The molecule has 6 heteroatoms. The molecule has 0 saturated carbocycles. The van der Waals surface area contributed by atoms with Gasteiger partial charge in [0.15, 0.2) is 5.84 Å². The number of oxime groups is 1. The topological polar surface area (TPSA) is 78.9 Å². The monoisotopic (exact) mass is 281 g/mol. The molecule has 1 aromatic carbocycles. The Bertz CT molecular complexity index is 505. The van der Waals surface area contributed by atoms with Crippen molar-refractivity contribution in [3.8, 4) is 0 Å². The summed E-state index contributed by atoms with van der Waals surface area (Å²) in [6.45, 7) is 3.50. The molecular formula is C14H20FN3O2. The highest BCUT2D eigenvalue weighted by Crippen LogP contribution is 2.23. The number of carbonyl (C=O) groups is 1. The van der Waals surface area contributed by atoms with Gasteiger partial charge in [-0.1, -0.05) is 30.3 Å². The number of rotatable bonds is 5. The van der Waals surface area contributed by atoms with Crippen LogP contribution in [0.2, 0.25) is 0 Å². The van der Waals surface area contributed by atoms with Crippen molar-refractivity contribution in [2.75, 3.05) is 7.05 Å². The van der Waals surface area contributed by atoms with Crippen LogP contribution in [0.25, 0.3) is 0 Å². The SMILES string of the molecule is CCC(C(=O)N(C)C(C)c1ccccc1F)C(N)=NO. The molecular weight excluding hydrogens is 261 g/mol. The van der Waals surface area contributed by atoms with E-state index in [1.165, 1.54) is 11.0 Å². The molecule has 2 atom stereocenters. The summed E-state index contributed by atoms with van der Waals surface area (Å²) in [4.78, 5) is 13.7. The molecule has 2 unspecified atom stereocenters. The van der Waals surface area contributed by atoms with Gasteiger partial charge in [-0.25, -0.2) is 4.39 Å². The van der Waals surface area contributed by atoms with Crippen LogP contribution < -0.4 is 5.73 Å². The fourth-order valence-electron chi connectivity index (χ4n) is 2.04. The second-order valence-electron chi connectivity index (χ2n) is 4.63. The maximum absolute atomic E-state index is 13.7. The van der Waals surface area contributed by atoms with Crippen molar-refractivity contribution in [3.05, 3.63) is 35.6 Å². The van der Waals surface area contributed by atoms with Crippen molar-refractivity contribution >= 4 is 11.7 Å². The third-order valence-electron chi connectivity index (χ3n) is 3.46. The predicted molar refractivity (Wildman–Crippen MR) is 74.8 cm³/mol. The van der Waals surface area contributed by atoms with Crippen LogP contribution in [0.1, 0.15) is 31.9 Å². The summed E-state index contributed by atoms with van der Waals surface area (Å²) in [5.74, 6) is -1.51. The van der Waals surface area contributed by atoms with E-state index in [1.54, 1.807) is 39.1 Å². The first kappa shape index (κ1) is 15.9. The van der Waals surface area contributed by atoms with Crippen LogP contribution in [0.5, 0.6) is 0 Å². The molecule has 1 aromatic rings. The normalized spacial score (nSPS) is 14.7. The molecule has 0 fully saturated rings. The molecule has 20 heavy (non-hydrogen) atoms. The van der Waals surface area contributed by atoms with Gasteiger partial charge < -0.3 is 15.8 Å². The zero-order valence-corrected chi connectivity index (χ0v) is 11.9. The number of nitrogens with two attached hydrogens (primary N) is 1. The highest BCUT2D eigenvalue weighted by Gasteiger charge is 2.28. The van der Waals surface area contributed by atoms with E-state index < -0.39 is 12.0 Å². The van der Waals surface area contributed by atoms with E-state index in [4.69, 9.17) is 10.9 Å². The van der Waals surface area contributed by atoms with Gasteiger partial charge in [-0.2, -0.15) is 0 Å². The summed E-state index contributed by atoms with van der Waals surface area (Å²) < 4.78 is 13.7. The zero-order valence-electron chi connectivity index (χ0n) is 11.9. The van der Waals surface area contributed by atoms with Crippen molar-refractivity contribution in [2.24, 2.45) is 16.8 Å². The first-order chi connectivity index (χ1) is 9.43. The lowest BCUT2D eigenvalue weighted by molar-refractivity contribution is -0.134. The second kappa shape index (κ2) is 6.88. The lowest BCUT2D eigenvalue weighted by atomic mass is 10.0. The average molecular weight is 281 g/mol. The third kappa shape index (κ3) is 3.26.